The fourth-order valence-corrected chi connectivity index (χ4v) is 2.78. The lowest BCUT2D eigenvalue weighted by molar-refractivity contribution is -0.167. The van der Waals surface area contributed by atoms with Crippen molar-refractivity contribution < 1.29 is 22.7 Å². The molecule has 1 aromatic rings. The molecule has 1 aromatic carbocycles. The van der Waals surface area contributed by atoms with Gasteiger partial charge in [-0.2, -0.15) is 13.2 Å². The van der Waals surface area contributed by atoms with Gasteiger partial charge in [0.25, 0.3) is 0 Å². The molecule has 98 valence electrons. The van der Waals surface area contributed by atoms with Gasteiger partial charge in [-0.15, -0.1) is 11.8 Å². The molecule has 0 radical (unpaired) electrons. The van der Waals surface area contributed by atoms with Crippen molar-refractivity contribution in [2.45, 2.75) is 11.0 Å². The van der Waals surface area contributed by atoms with Crippen LogP contribution in [0.1, 0.15) is 5.56 Å². The number of cyclic esters (lactones) is 1. The largest absolute Gasteiger partial charge is 0.449 e. The van der Waals surface area contributed by atoms with Crippen LogP contribution >= 0.6 is 11.8 Å². The first-order chi connectivity index (χ1) is 8.46. The van der Waals surface area contributed by atoms with Gasteiger partial charge < -0.3 is 4.74 Å². The van der Waals surface area contributed by atoms with E-state index in [1.807, 2.05) is 5.32 Å². The number of benzene rings is 1. The van der Waals surface area contributed by atoms with Gasteiger partial charge in [0.1, 0.15) is 6.61 Å². The lowest BCUT2D eigenvalue weighted by Crippen LogP contribution is -2.52. The molecule has 0 unspecified atom stereocenters. The molecule has 7 heteroatoms. The molecule has 1 amide bonds. The van der Waals surface area contributed by atoms with E-state index < -0.39 is 17.1 Å². The Kier molecular flexibility index (Phi) is 3.43. The number of carbonyl (C=O) groups is 1. The Balaban J connectivity index is 2.50. The van der Waals surface area contributed by atoms with E-state index in [0.717, 1.165) is 0 Å². The lowest BCUT2D eigenvalue weighted by Gasteiger charge is -2.34. The Morgan fingerprint density at radius 3 is 2.56 bits per heavy atom. The second kappa shape index (κ2) is 4.72. The molecule has 0 saturated carbocycles. The highest BCUT2D eigenvalue weighted by atomic mass is 32.2. The topological polar surface area (TPSA) is 38.3 Å². The smallest absolute Gasteiger partial charge is 0.425 e. The van der Waals surface area contributed by atoms with E-state index in [4.69, 9.17) is 0 Å². The first-order valence-electron chi connectivity index (χ1n) is 5.17. The van der Waals surface area contributed by atoms with Gasteiger partial charge in [-0.1, -0.05) is 30.3 Å². The van der Waals surface area contributed by atoms with Crippen LogP contribution in [0.3, 0.4) is 0 Å². The normalized spacial score (nSPS) is 24.9. The second-order valence-corrected chi connectivity index (χ2v) is 4.96. The van der Waals surface area contributed by atoms with Gasteiger partial charge in [0.15, 0.2) is 0 Å². The number of ether oxygens (including phenoxy) is 1. The van der Waals surface area contributed by atoms with Crippen molar-refractivity contribution in [3.05, 3.63) is 35.9 Å². The summed E-state index contributed by atoms with van der Waals surface area (Å²) in [4.78, 5) is 8.83. The standard InChI is InChI=1S/C11H10F3NO2S/c12-11(13,14)10(8-4-2-1-3-5-8)15-9(16)17-6-7-18-10/h1-5H,6-7H2,(H,15,16)/t10-/m0/s1. The van der Waals surface area contributed by atoms with Crippen molar-refractivity contribution in [3.63, 3.8) is 0 Å². The third kappa shape index (κ3) is 2.27. The van der Waals surface area contributed by atoms with Gasteiger partial charge in [-0.3, -0.25) is 5.32 Å². The predicted molar refractivity (Wildman–Crippen MR) is 61.1 cm³/mol. The number of carbonyl (C=O) groups excluding carboxylic acids is 1. The third-order valence-electron chi connectivity index (χ3n) is 2.49. The summed E-state index contributed by atoms with van der Waals surface area (Å²) in [5.74, 6) is 0.0765. The van der Waals surface area contributed by atoms with E-state index in [9.17, 15) is 18.0 Å². The van der Waals surface area contributed by atoms with E-state index in [1.165, 1.54) is 24.3 Å². The zero-order valence-corrected chi connectivity index (χ0v) is 9.98. The van der Waals surface area contributed by atoms with Gasteiger partial charge in [0.05, 0.1) is 0 Å². The number of halogens is 3. The maximum Gasteiger partial charge on any atom is 0.425 e. The van der Waals surface area contributed by atoms with Crippen molar-refractivity contribution in [1.29, 1.82) is 0 Å². The molecule has 1 fully saturated rings. The van der Waals surface area contributed by atoms with Crippen LogP contribution in [-0.4, -0.2) is 24.6 Å². The Morgan fingerprint density at radius 1 is 1.28 bits per heavy atom. The van der Waals surface area contributed by atoms with Crippen LogP contribution in [0, 0.1) is 0 Å². The molecule has 1 heterocycles. The molecule has 1 aliphatic rings. The Hall–Kier alpha value is -1.37. The van der Waals surface area contributed by atoms with Crippen LogP contribution in [0.25, 0.3) is 0 Å². The minimum Gasteiger partial charge on any atom is -0.449 e. The van der Waals surface area contributed by atoms with Crippen molar-refractivity contribution in [2.24, 2.45) is 0 Å². The molecule has 3 nitrogen and oxygen atoms in total. The third-order valence-corrected chi connectivity index (χ3v) is 3.87. The van der Waals surface area contributed by atoms with Crippen LogP contribution in [-0.2, 0) is 9.61 Å². The van der Waals surface area contributed by atoms with Gasteiger partial charge in [-0.25, -0.2) is 4.79 Å². The number of thioether (sulfide) groups is 1. The van der Waals surface area contributed by atoms with Gasteiger partial charge >= 0.3 is 12.3 Å². The summed E-state index contributed by atoms with van der Waals surface area (Å²) in [7, 11) is 0. The number of nitrogens with one attached hydrogen (secondary N) is 1. The molecule has 18 heavy (non-hydrogen) atoms. The highest BCUT2D eigenvalue weighted by Gasteiger charge is 2.58. The average molecular weight is 277 g/mol. The highest BCUT2D eigenvalue weighted by molar-refractivity contribution is 8.00. The summed E-state index contributed by atoms with van der Waals surface area (Å²) in [6.07, 6.45) is -5.66. The molecule has 2 rings (SSSR count). The van der Waals surface area contributed by atoms with E-state index in [2.05, 4.69) is 4.74 Å². The fraction of sp³-hybridized carbons (Fsp3) is 0.364. The Bertz CT molecular complexity index is 438. The van der Waals surface area contributed by atoms with Gasteiger partial charge in [0.2, 0.25) is 4.87 Å². The van der Waals surface area contributed by atoms with Crippen LogP contribution < -0.4 is 5.32 Å². The maximum atomic E-state index is 13.3. The van der Waals surface area contributed by atoms with Crippen molar-refractivity contribution >= 4 is 17.9 Å². The number of hydrogen-bond acceptors (Lipinski definition) is 3. The number of alkyl halides is 3. The van der Waals surface area contributed by atoms with Gasteiger partial charge in [0, 0.05) is 5.75 Å². The monoisotopic (exact) mass is 277 g/mol. The molecule has 1 saturated heterocycles. The quantitative estimate of drug-likeness (QED) is 0.857. The summed E-state index contributed by atoms with van der Waals surface area (Å²) in [5.41, 5.74) is -0.0126. The average Bonchev–Trinajstić information content (AvgIpc) is 2.52. The first kappa shape index (κ1) is 13.1. The summed E-state index contributed by atoms with van der Waals surface area (Å²) < 4.78 is 44.6. The molecule has 1 aliphatic heterocycles. The molecule has 0 aliphatic carbocycles. The molecular formula is C11H10F3NO2S. The maximum absolute atomic E-state index is 13.3. The minimum atomic E-state index is -4.61. The Morgan fingerprint density at radius 2 is 1.94 bits per heavy atom. The minimum absolute atomic E-state index is 0.0126. The second-order valence-electron chi connectivity index (χ2n) is 3.65. The van der Waals surface area contributed by atoms with Crippen LogP contribution in [0.5, 0.6) is 0 Å². The number of amides is 1. The lowest BCUT2D eigenvalue weighted by atomic mass is 10.1. The molecule has 1 atom stereocenters. The summed E-state index contributed by atoms with van der Waals surface area (Å²) in [6.45, 7) is -0.0405. The van der Waals surface area contributed by atoms with Crippen LogP contribution in [0.4, 0.5) is 18.0 Å². The van der Waals surface area contributed by atoms with E-state index in [1.54, 1.807) is 6.07 Å². The summed E-state index contributed by atoms with van der Waals surface area (Å²) >= 11 is 0.613. The van der Waals surface area contributed by atoms with Crippen molar-refractivity contribution in [2.75, 3.05) is 12.4 Å². The Labute approximate surface area is 106 Å². The SMILES string of the molecule is O=C1N[C@](c2ccccc2)(C(F)(F)F)SCCO1. The molecule has 0 aromatic heterocycles. The predicted octanol–water partition coefficient (Wildman–Crippen LogP) is 2.87. The van der Waals surface area contributed by atoms with E-state index in [0.29, 0.717) is 11.8 Å². The fourth-order valence-electron chi connectivity index (χ4n) is 1.69. The molecule has 0 bridgehead atoms. The number of hydrogen-bond donors (Lipinski definition) is 1. The zero-order valence-electron chi connectivity index (χ0n) is 9.16. The molecule has 1 N–H and O–H groups in total. The van der Waals surface area contributed by atoms with E-state index in [-0.39, 0.29) is 17.9 Å². The number of alkyl carbamates (subject to hydrolysis) is 1. The zero-order chi connectivity index (χ0) is 13.2. The van der Waals surface area contributed by atoms with E-state index >= 15 is 0 Å². The van der Waals surface area contributed by atoms with Crippen molar-refractivity contribution in [3.8, 4) is 0 Å². The summed E-state index contributed by atoms with van der Waals surface area (Å²) in [6, 6.07) is 7.30. The summed E-state index contributed by atoms with van der Waals surface area (Å²) in [5, 5.41) is 1.93. The van der Waals surface area contributed by atoms with Gasteiger partial charge in [-0.05, 0) is 5.56 Å². The van der Waals surface area contributed by atoms with Crippen molar-refractivity contribution in [1.82, 2.24) is 5.32 Å². The van der Waals surface area contributed by atoms with Crippen LogP contribution in [0.15, 0.2) is 30.3 Å². The highest BCUT2D eigenvalue weighted by Crippen LogP contribution is 2.48. The number of rotatable bonds is 1. The first-order valence-corrected chi connectivity index (χ1v) is 6.15. The molecule has 0 spiro atoms. The molecular weight excluding hydrogens is 267 g/mol. The van der Waals surface area contributed by atoms with Crippen LogP contribution in [0.2, 0.25) is 0 Å².